The molecule has 1 aliphatic rings. The van der Waals surface area contributed by atoms with Gasteiger partial charge in [0.25, 0.3) is 0 Å². The van der Waals surface area contributed by atoms with E-state index in [2.05, 4.69) is 20.4 Å². The quantitative estimate of drug-likeness (QED) is 0.900. The van der Waals surface area contributed by atoms with Gasteiger partial charge < -0.3 is 10.1 Å². The summed E-state index contributed by atoms with van der Waals surface area (Å²) < 4.78 is 7.30. The first-order valence-electron chi connectivity index (χ1n) is 6.48. The molecule has 1 unspecified atom stereocenters. The summed E-state index contributed by atoms with van der Waals surface area (Å²) in [6.07, 6.45) is 9.91. The van der Waals surface area contributed by atoms with Gasteiger partial charge in [0, 0.05) is 49.9 Å². The molecule has 1 atom stereocenters. The number of ether oxygens (including phenoxy) is 1. The summed E-state index contributed by atoms with van der Waals surface area (Å²) in [5.74, 6) is 0.642. The average molecular weight is 259 g/mol. The molecule has 0 spiro atoms. The first-order chi connectivity index (χ1) is 9.31. The minimum Gasteiger partial charge on any atom is -0.376 e. The molecule has 1 fully saturated rings. The van der Waals surface area contributed by atoms with E-state index in [0.717, 1.165) is 37.1 Å². The molecule has 0 aromatic carbocycles. The first-order valence-corrected chi connectivity index (χ1v) is 6.48. The van der Waals surface area contributed by atoms with Crippen molar-refractivity contribution in [2.24, 2.45) is 7.05 Å². The van der Waals surface area contributed by atoms with Crippen molar-refractivity contribution in [3.63, 3.8) is 0 Å². The molecule has 0 saturated carbocycles. The molecule has 0 aliphatic carbocycles. The first kappa shape index (κ1) is 12.1. The second-order valence-corrected chi connectivity index (χ2v) is 4.71. The standard InChI is InChI=1S/C13H17N5O/c1-18-9-11(7-17-18)10-5-14-13(15-6-10)16-8-12-3-2-4-19-12/h5-7,9,12H,2-4,8H2,1H3,(H,14,15,16). The van der Waals surface area contributed by atoms with E-state index in [0.29, 0.717) is 12.1 Å². The monoisotopic (exact) mass is 259 g/mol. The van der Waals surface area contributed by atoms with Crippen molar-refractivity contribution >= 4 is 5.95 Å². The van der Waals surface area contributed by atoms with Crippen LogP contribution in [0.2, 0.25) is 0 Å². The van der Waals surface area contributed by atoms with Crippen molar-refractivity contribution < 1.29 is 4.74 Å². The largest absolute Gasteiger partial charge is 0.376 e. The smallest absolute Gasteiger partial charge is 0.222 e. The van der Waals surface area contributed by atoms with E-state index in [4.69, 9.17) is 4.74 Å². The van der Waals surface area contributed by atoms with E-state index in [1.807, 2.05) is 25.6 Å². The molecule has 1 aliphatic heterocycles. The van der Waals surface area contributed by atoms with Crippen molar-refractivity contribution in [3.05, 3.63) is 24.8 Å². The van der Waals surface area contributed by atoms with Crippen molar-refractivity contribution in [3.8, 4) is 11.1 Å². The molecule has 0 bridgehead atoms. The summed E-state index contributed by atoms with van der Waals surface area (Å²) in [5.41, 5.74) is 1.99. The number of hydrogen-bond acceptors (Lipinski definition) is 5. The van der Waals surface area contributed by atoms with Crippen LogP contribution in [0.4, 0.5) is 5.95 Å². The van der Waals surface area contributed by atoms with E-state index in [1.165, 1.54) is 0 Å². The Labute approximate surface area is 111 Å². The van der Waals surface area contributed by atoms with Crippen LogP contribution in [0.15, 0.2) is 24.8 Å². The molecular formula is C13H17N5O. The van der Waals surface area contributed by atoms with Crippen LogP contribution < -0.4 is 5.32 Å². The molecule has 0 radical (unpaired) electrons. The van der Waals surface area contributed by atoms with Gasteiger partial charge in [-0.15, -0.1) is 0 Å². The fourth-order valence-corrected chi connectivity index (χ4v) is 2.15. The van der Waals surface area contributed by atoms with Gasteiger partial charge in [-0.05, 0) is 12.8 Å². The highest BCUT2D eigenvalue weighted by atomic mass is 16.5. The number of rotatable bonds is 4. The van der Waals surface area contributed by atoms with E-state index in [9.17, 15) is 0 Å². The number of nitrogens with zero attached hydrogens (tertiary/aromatic N) is 4. The maximum absolute atomic E-state index is 5.54. The molecule has 6 heteroatoms. The van der Waals surface area contributed by atoms with Crippen LogP contribution in [0.25, 0.3) is 11.1 Å². The van der Waals surface area contributed by atoms with Gasteiger partial charge in [0.2, 0.25) is 5.95 Å². The van der Waals surface area contributed by atoms with E-state index >= 15 is 0 Å². The highest BCUT2D eigenvalue weighted by Crippen LogP contribution is 2.17. The van der Waals surface area contributed by atoms with Gasteiger partial charge in [0.15, 0.2) is 0 Å². The van der Waals surface area contributed by atoms with E-state index in [-0.39, 0.29) is 0 Å². The molecule has 100 valence electrons. The Morgan fingerprint density at radius 3 is 2.79 bits per heavy atom. The van der Waals surface area contributed by atoms with Gasteiger partial charge in [0.1, 0.15) is 0 Å². The zero-order chi connectivity index (χ0) is 13.1. The summed E-state index contributed by atoms with van der Waals surface area (Å²) in [7, 11) is 1.89. The Kier molecular flexibility index (Phi) is 3.41. The predicted molar refractivity (Wildman–Crippen MR) is 71.7 cm³/mol. The van der Waals surface area contributed by atoms with Crippen LogP contribution in [-0.2, 0) is 11.8 Å². The van der Waals surface area contributed by atoms with Crippen LogP contribution in [0.1, 0.15) is 12.8 Å². The predicted octanol–water partition coefficient (Wildman–Crippen LogP) is 1.47. The third-order valence-electron chi connectivity index (χ3n) is 3.20. The molecule has 1 N–H and O–H groups in total. The maximum Gasteiger partial charge on any atom is 0.222 e. The van der Waals surface area contributed by atoms with E-state index < -0.39 is 0 Å². The van der Waals surface area contributed by atoms with Crippen molar-refractivity contribution in [1.29, 1.82) is 0 Å². The lowest BCUT2D eigenvalue weighted by Gasteiger charge is -2.10. The van der Waals surface area contributed by atoms with Gasteiger partial charge in [-0.3, -0.25) is 4.68 Å². The van der Waals surface area contributed by atoms with Crippen molar-refractivity contribution in [2.75, 3.05) is 18.5 Å². The van der Waals surface area contributed by atoms with E-state index in [1.54, 1.807) is 10.9 Å². The average Bonchev–Trinajstić information content (AvgIpc) is 3.08. The molecular weight excluding hydrogens is 242 g/mol. The second kappa shape index (κ2) is 5.36. The molecule has 3 rings (SSSR count). The SMILES string of the molecule is Cn1cc(-c2cnc(NCC3CCCO3)nc2)cn1. The van der Waals surface area contributed by atoms with Gasteiger partial charge >= 0.3 is 0 Å². The van der Waals surface area contributed by atoms with Gasteiger partial charge in [-0.2, -0.15) is 5.10 Å². The third kappa shape index (κ3) is 2.90. The van der Waals surface area contributed by atoms with Crippen LogP contribution in [0, 0.1) is 0 Å². The fourth-order valence-electron chi connectivity index (χ4n) is 2.15. The lowest BCUT2D eigenvalue weighted by Crippen LogP contribution is -2.19. The van der Waals surface area contributed by atoms with Crippen LogP contribution >= 0.6 is 0 Å². The number of nitrogens with one attached hydrogen (secondary N) is 1. The number of anilines is 1. The van der Waals surface area contributed by atoms with Crippen LogP contribution in [0.5, 0.6) is 0 Å². The van der Waals surface area contributed by atoms with Gasteiger partial charge in [-0.1, -0.05) is 0 Å². The Bertz CT molecular complexity index is 530. The lowest BCUT2D eigenvalue weighted by atomic mass is 10.2. The molecule has 3 heterocycles. The van der Waals surface area contributed by atoms with Gasteiger partial charge in [0.05, 0.1) is 12.3 Å². The summed E-state index contributed by atoms with van der Waals surface area (Å²) in [5, 5.41) is 7.34. The minimum absolute atomic E-state index is 0.293. The Balaban J connectivity index is 1.62. The summed E-state index contributed by atoms with van der Waals surface area (Å²) in [4.78, 5) is 8.62. The number of aromatic nitrogens is 4. The summed E-state index contributed by atoms with van der Waals surface area (Å²) >= 11 is 0. The summed E-state index contributed by atoms with van der Waals surface area (Å²) in [6.45, 7) is 1.64. The maximum atomic E-state index is 5.54. The molecule has 0 amide bonds. The molecule has 2 aromatic heterocycles. The van der Waals surface area contributed by atoms with Gasteiger partial charge in [-0.25, -0.2) is 9.97 Å². The zero-order valence-electron chi connectivity index (χ0n) is 10.9. The van der Waals surface area contributed by atoms with Crippen LogP contribution in [0.3, 0.4) is 0 Å². The number of aryl methyl sites for hydroxylation is 1. The van der Waals surface area contributed by atoms with Crippen molar-refractivity contribution in [1.82, 2.24) is 19.7 Å². The Morgan fingerprint density at radius 2 is 2.16 bits per heavy atom. The number of hydrogen-bond donors (Lipinski definition) is 1. The Morgan fingerprint density at radius 1 is 1.32 bits per heavy atom. The second-order valence-electron chi connectivity index (χ2n) is 4.71. The molecule has 1 saturated heterocycles. The normalized spacial score (nSPS) is 18.7. The molecule has 2 aromatic rings. The minimum atomic E-state index is 0.293. The fraction of sp³-hybridized carbons (Fsp3) is 0.462. The highest BCUT2D eigenvalue weighted by Gasteiger charge is 2.15. The Hall–Kier alpha value is -1.95. The zero-order valence-corrected chi connectivity index (χ0v) is 10.9. The third-order valence-corrected chi connectivity index (χ3v) is 3.20. The summed E-state index contributed by atoms with van der Waals surface area (Å²) in [6, 6.07) is 0. The highest BCUT2D eigenvalue weighted by molar-refractivity contribution is 5.59. The molecule has 19 heavy (non-hydrogen) atoms. The molecule has 6 nitrogen and oxygen atoms in total. The topological polar surface area (TPSA) is 64.9 Å². The van der Waals surface area contributed by atoms with Crippen LogP contribution in [-0.4, -0.2) is 39.0 Å². The lowest BCUT2D eigenvalue weighted by molar-refractivity contribution is 0.120. The van der Waals surface area contributed by atoms with Crippen molar-refractivity contribution in [2.45, 2.75) is 18.9 Å².